The normalized spacial score (nSPS) is 10.7. The van der Waals surface area contributed by atoms with E-state index in [1.54, 1.807) is 11.8 Å². The molecule has 0 aliphatic rings. The average molecular weight is 241 g/mol. The number of hydrogen-bond donors (Lipinski definition) is 0. The molecule has 2 rings (SSSR count). The van der Waals surface area contributed by atoms with Crippen LogP contribution in [0.15, 0.2) is 22.7 Å². The summed E-state index contributed by atoms with van der Waals surface area (Å²) in [6.45, 7) is 0. The average Bonchev–Trinajstić information content (AvgIpc) is 2.43. The van der Waals surface area contributed by atoms with Crippen LogP contribution in [0.3, 0.4) is 0 Å². The summed E-state index contributed by atoms with van der Waals surface area (Å²) in [6.07, 6.45) is 0. The van der Waals surface area contributed by atoms with Crippen LogP contribution in [0.2, 0.25) is 0 Å². The smallest absolute Gasteiger partial charge is 0.219 e. The van der Waals surface area contributed by atoms with E-state index in [9.17, 15) is 0 Å². The van der Waals surface area contributed by atoms with Crippen molar-refractivity contribution in [2.45, 2.75) is 0 Å². The third kappa shape index (κ3) is 1.21. The molecular weight excluding hydrogens is 232 g/mol. The summed E-state index contributed by atoms with van der Waals surface area (Å²) in [5.41, 5.74) is 0.932. The lowest BCUT2D eigenvalue weighted by atomic mass is 10.2. The third-order valence-corrected chi connectivity index (χ3v) is 2.59. The first-order valence-corrected chi connectivity index (χ1v) is 4.68. The van der Waals surface area contributed by atoms with E-state index in [1.165, 1.54) is 0 Å². The number of methoxy groups -OCH3 is 1. The Hall–Kier alpha value is -1.03. The van der Waals surface area contributed by atoms with Gasteiger partial charge in [0.15, 0.2) is 0 Å². The SMILES string of the molecule is COc1c2cccc(Br)c2nn1C. The fraction of sp³-hybridized carbons (Fsp3) is 0.222. The molecule has 4 heteroatoms. The summed E-state index contributed by atoms with van der Waals surface area (Å²) in [5, 5.41) is 5.36. The number of nitrogens with zero attached hydrogens (tertiary/aromatic N) is 2. The van der Waals surface area contributed by atoms with Crippen LogP contribution in [0, 0.1) is 0 Å². The Morgan fingerprint density at radius 1 is 1.46 bits per heavy atom. The van der Waals surface area contributed by atoms with Gasteiger partial charge in [0.2, 0.25) is 5.88 Å². The van der Waals surface area contributed by atoms with Gasteiger partial charge in [-0.2, -0.15) is 5.10 Å². The topological polar surface area (TPSA) is 27.1 Å². The molecule has 0 aliphatic heterocycles. The molecule has 1 aromatic carbocycles. The van der Waals surface area contributed by atoms with E-state index in [-0.39, 0.29) is 0 Å². The van der Waals surface area contributed by atoms with Crippen molar-refractivity contribution in [2.24, 2.45) is 7.05 Å². The number of fused-ring (bicyclic) bond motifs is 1. The second kappa shape index (κ2) is 3.03. The predicted octanol–water partition coefficient (Wildman–Crippen LogP) is 2.34. The number of halogens is 1. The molecule has 0 bridgehead atoms. The minimum atomic E-state index is 0.788. The number of hydrogen-bond acceptors (Lipinski definition) is 2. The van der Waals surface area contributed by atoms with Crippen molar-refractivity contribution in [1.82, 2.24) is 9.78 Å². The Morgan fingerprint density at radius 3 is 2.92 bits per heavy atom. The van der Waals surface area contributed by atoms with Gasteiger partial charge in [-0.15, -0.1) is 0 Å². The lowest BCUT2D eigenvalue weighted by Gasteiger charge is -1.98. The first-order chi connectivity index (χ1) is 6.24. The zero-order valence-electron chi connectivity index (χ0n) is 7.41. The summed E-state index contributed by atoms with van der Waals surface area (Å²) in [7, 11) is 3.52. The maximum absolute atomic E-state index is 5.23. The molecule has 0 saturated heterocycles. The molecule has 3 nitrogen and oxygen atoms in total. The number of aromatic nitrogens is 2. The van der Waals surface area contributed by atoms with Gasteiger partial charge in [0, 0.05) is 11.5 Å². The van der Waals surface area contributed by atoms with Crippen LogP contribution in [0.1, 0.15) is 0 Å². The molecule has 0 aliphatic carbocycles. The van der Waals surface area contributed by atoms with Crippen LogP contribution < -0.4 is 4.74 Å². The standard InChI is InChI=1S/C9H9BrN2O/c1-12-9(13-2)6-4-3-5-7(10)8(6)11-12/h3-5H,1-2H3. The highest BCUT2D eigenvalue weighted by atomic mass is 79.9. The molecule has 0 atom stereocenters. The molecule has 1 heterocycles. The van der Waals surface area contributed by atoms with Gasteiger partial charge in [0.1, 0.15) is 5.52 Å². The van der Waals surface area contributed by atoms with E-state index in [2.05, 4.69) is 21.0 Å². The van der Waals surface area contributed by atoms with Crippen LogP contribution >= 0.6 is 15.9 Å². The highest BCUT2D eigenvalue weighted by Gasteiger charge is 2.10. The fourth-order valence-electron chi connectivity index (χ4n) is 1.40. The van der Waals surface area contributed by atoms with Gasteiger partial charge in [-0.05, 0) is 28.1 Å². The lowest BCUT2D eigenvalue weighted by Crippen LogP contribution is -1.94. The van der Waals surface area contributed by atoms with Crippen LogP contribution in [-0.2, 0) is 7.05 Å². The van der Waals surface area contributed by atoms with Gasteiger partial charge in [-0.25, -0.2) is 4.68 Å². The van der Waals surface area contributed by atoms with E-state index >= 15 is 0 Å². The van der Waals surface area contributed by atoms with Gasteiger partial charge in [-0.3, -0.25) is 0 Å². The minimum Gasteiger partial charge on any atom is -0.481 e. The lowest BCUT2D eigenvalue weighted by molar-refractivity contribution is 0.377. The van der Waals surface area contributed by atoms with Crippen molar-refractivity contribution in [1.29, 1.82) is 0 Å². The zero-order valence-corrected chi connectivity index (χ0v) is 9.00. The van der Waals surface area contributed by atoms with E-state index in [0.29, 0.717) is 0 Å². The highest BCUT2D eigenvalue weighted by molar-refractivity contribution is 9.10. The van der Waals surface area contributed by atoms with Crippen molar-refractivity contribution in [3.63, 3.8) is 0 Å². The van der Waals surface area contributed by atoms with Crippen LogP contribution in [-0.4, -0.2) is 16.9 Å². The maximum Gasteiger partial charge on any atom is 0.219 e. The molecule has 0 fully saturated rings. The molecule has 0 saturated carbocycles. The Kier molecular flexibility index (Phi) is 2.00. The van der Waals surface area contributed by atoms with Gasteiger partial charge >= 0.3 is 0 Å². The molecule has 0 radical (unpaired) electrons. The third-order valence-electron chi connectivity index (χ3n) is 1.95. The molecule has 0 N–H and O–H groups in total. The van der Waals surface area contributed by atoms with Gasteiger partial charge in [0.05, 0.1) is 12.5 Å². The highest BCUT2D eigenvalue weighted by Crippen LogP contribution is 2.29. The number of rotatable bonds is 1. The van der Waals surface area contributed by atoms with Crippen molar-refractivity contribution in [3.8, 4) is 5.88 Å². The first-order valence-electron chi connectivity index (χ1n) is 3.89. The molecular formula is C9H9BrN2O. The van der Waals surface area contributed by atoms with E-state index in [4.69, 9.17) is 4.74 Å². The molecule has 1 aromatic heterocycles. The number of aryl methyl sites for hydroxylation is 1. The molecule has 0 spiro atoms. The van der Waals surface area contributed by atoms with Gasteiger partial charge in [0.25, 0.3) is 0 Å². The van der Waals surface area contributed by atoms with Crippen LogP contribution in [0.4, 0.5) is 0 Å². The first kappa shape index (κ1) is 8.56. The predicted molar refractivity (Wildman–Crippen MR) is 55.0 cm³/mol. The van der Waals surface area contributed by atoms with E-state index in [1.807, 2.05) is 25.2 Å². The van der Waals surface area contributed by atoms with E-state index in [0.717, 1.165) is 21.3 Å². The maximum atomic E-state index is 5.23. The Bertz CT molecular complexity index is 450. The monoisotopic (exact) mass is 240 g/mol. The minimum absolute atomic E-state index is 0.788. The zero-order chi connectivity index (χ0) is 9.42. The van der Waals surface area contributed by atoms with Crippen molar-refractivity contribution in [3.05, 3.63) is 22.7 Å². The van der Waals surface area contributed by atoms with Crippen LogP contribution in [0.25, 0.3) is 10.9 Å². The Labute approximate surface area is 84.4 Å². The fourth-order valence-corrected chi connectivity index (χ4v) is 1.85. The summed E-state index contributed by atoms with van der Waals surface area (Å²) in [6, 6.07) is 5.93. The van der Waals surface area contributed by atoms with Gasteiger partial charge in [-0.1, -0.05) is 6.07 Å². The van der Waals surface area contributed by atoms with Crippen molar-refractivity contribution >= 4 is 26.8 Å². The van der Waals surface area contributed by atoms with Crippen molar-refractivity contribution < 1.29 is 4.74 Å². The summed E-state index contributed by atoms with van der Waals surface area (Å²) in [5.74, 6) is 0.788. The summed E-state index contributed by atoms with van der Waals surface area (Å²) < 4.78 is 7.95. The molecule has 13 heavy (non-hydrogen) atoms. The number of ether oxygens (including phenoxy) is 1. The Morgan fingerprint density at radius 2 is 2.23 bits per heavy atom. The van der Waals surface area contributed by atoms with Crippen LogP contribution in [0.5, 0.6) is 5.88 Å². The second-order valence-electron chi connectivity index (χ2n) is 2.77. The summed E-state index contributed by atoms with van der Waals surface area (Å²) >= 11 is 3.44. The molecule has 0 amide bonds. The molecule has 2 aromatic rings. The summed E-state index contributed by atoms with van der Waals surface area (Å²) in [4.78, 5) is 0. The van der Waals surface area contributed by atoms with E-state index < -0.39 is 0 Å². The molecule has 0 unspecified atom stereocenters. The Balaban J connectivity index is 2.86. The second-order valence-corrected chi connectivity index (χ2v) is 3.62. The number of benzene rings is 1. The largest absolute Gasteiger partial charge is 0.481 e. The van der Waals surface area contributed by atoms with Crippen molar-refractivity contribution in [2.75, 3.05) is 7.11 Å². The van der Waals surface area contributed by atoms with Gasteiger partial charge < -0.3 is 4.74 Å². The molecule has 68 valence electrons. The quantitative estimate of drug-likeness (QED) is 0.766.